The summed E-state index contributed by atoms with van der Waals surface area (Å²) in [5.74, 6) is -0.333. The average molecular weight is 708 g/mol. The summed E-state index contributed by atoms with van der Waals surface area (Å²) in [7, 11) is 0. The summed E-state index contributed by atoms with van der Waals surface area (Å²) in [4.78, 5) is 47.1. The summed E-state index contributed by atoms with van der Waals surface area (Å²) in [6, 6.07) is 25.4. The van der Waals surface area contributed by atoms with E-state index in [-0.39, 0.29) is 11.5 Å². The van der Waals surface area contributed by atoms with Crippen molar-refractivity contribution in [2.24, 2.45) is 5.92 Å². The first-order chi connectivity index (χ1) is 24.4. The van der Waals surface area contributed by atoms with Crippen molar-refractivity contribution < 1.29 is 33.8 Å². The molecule has 3 amide bonds. The lowest BCUT2D eigenvalue weighted by Crippen LogP contribution is -2.27. The smallest absolute Gasteiger partial charge is 0.412 e. The number of hydrogen-bond donors (Lipinski definition) is 4. The molecule has 1 aliphatic carbocycles. The van der Waals surface area contributed by atoms with Gasteiger partial charge in [-0.3, -0.25) is 15.4 Å². The van der Waals surface area contributed by atoms with Crippen LogP contribution in [0.3, 0.4) is 0 Å². The SMILES string of the molecule is Cc1ccc(NC(=O)OC(C)(C)C)cc1-c1ccc(C(=O)NCC2CC2)cc1.Cc1ccc(NC(=O)OC(C)(C)C)cc1-c1ccc(C(=O)O)cc1. The van der Waals surface area contributed by atoms with E-state index in [4.69, 9.17) is 14.6 Å². The molecule has 1 aliphatic rings. The van der Waals surface area contributed by atoms with Crippen molar-refractivity contribution in [1.29, 1.82) is 0 Å². The van der Waals surface area contributed by atoms with Gasteiger partial charge in [0.1, 0.15) is 11.2 Å². The van der Waals surface area contributed by atoms with E-state index in [1.54, 1.807) is 51.1 Å². The van der Waals surface area contributed by atoms with Crippen LogP contribution in [0.4, 0.5) is 21.0 Å². The summed E-state index contributed by atoms with van der Waals surface area (Å²) in [5.41, 5.74) is 6.96. The van der Waals surface area contributed by atoms with Crippen LogP contribution < -0.4 is 16.0 Å². The fourth-order valence-electron chi connectivity index (χ4n) is 5.12. The van der Waals surface area contributed by atoms with E-state index in [1.807, 2.05) is 89.2 Å². The van der Waals surface area contributed by atoms with Crippen LogP contribution in [0.5, 0.6) is 0 Å². The second-order valence-electron chi connectivity index (χ2n) is 14.9. The second kappa shape index (κ2) is 16.6. The van der Waals surface area contributed by atoms with Gasteiger partial charge in [-0.25, -0.2) is 14.4 Å². The molecule has 0 aliphatic heterocycles. The van der Waals surface area contributed by atoms with Crippen LogP contribution in [0, 0.1) is 19.8 Å². The molecule has 10 heteroatoms. The standard InChI is InChI=1S/C23H28N2O3.C19H21NO4/c1-15-5-12-19(25-22(27)28-23(2,3)4)13-20(15)17-8-10-18(11-9-17)21(26)24-14-16-6-7-16;1-12-5-10-15(20-18(23)24-19(2,3)4)11-16(12)13-6-8-14(9-7-13)17(21)22/h5,8-13,16H,6-7,14H2,1-4H3,(H,24,26)(H,25,27);5-11H,1-4H3,(H,20,23)(H,21,22). The fraction of sp³-hybridized carbons (Fsp3) is 0.333. The molecule has 4 N–H and O–H groups in total. The lowest BCUT2D eigenvalue weighted by molar-refractivity contribution is 0.0624. The van der Waals surface area contributed by atoms with Crippen LogP contribution in [0.25, 0.3) is 22.3 Å². The number of carbonyl (C=O) groups excluding carboxylic acids is 3. The third-order valence-electron chi connectivity index (χ3n) is 7.91. The molecule has 52 heavy (non-hydrogen) atoms. The second-order valence-corrected chi connectivity index (χ2v) is 14.9. The van der Waals surface area contributed by atoms with Gasteiger partial charge in [0.15, 0.2) is 0 Å². The van der Waals surface area contributed by atoms with Crippen LogP contribution in [0.15, 0.2) is 84.9 Å². The van der Waals surface area contributed by atoms with E-state index < -0.39 is 29.4 Å². The molecular weight excluding hydrogens is 658 g/mol. The Hall–Kier alpha value is -5.64. The van der Waals surface area contributed by atoms with E-state index in [0.717, 1.165) is 39.9 Å². The van der Waals surface area contributed by atoms with Gasteiger partial charge in [0.05, 0.1) is 5.56 Å². The van der Waals surface area contributed by atoms with Crippen molar-refractivity contribution in [2.75, 3.05) is 17.2 Å². The zero-order valence-corrected chi connectivity index (χ0v) is 31.2. The molecule has 1 saturated carbocycles. The molecule has 5 rings (SSSR count). The van der Waals surface area contributed by atoms with Crippen molar-refractivity contribution in [3.8, 4) is 22.3 Å². The van der Waals surface area contributed by atoms with Gasteiger partial charge in [0, 0.05) is 23.5 Å². The highest BCUT2D eigenvalue weighted by molar-refractivity contribution is 5.95. The molecule has 0 aromatic heterocycles. The zero-order chi connectivity index (χ0) is 38.2. The molecule has 1 fully saturated rings. The van der Waals surface area contributed by atoms with E-state index in [2.05, 4.69) is 16.0 Å². The van der Waals surface area contributed by atoms with Gasteiger partial charge >= 0.3 is 18.2 Å². The van der Waals surface area contributed by atoms with E-state index in [1.165, 1.54) is 12.8 Å². The minimum absolute atomic E-state index is 0.0319. The predicted molar refractivity (Wildman–Crippen MR) is 205 cm³/mol. The molecule has 274 valence electrons. The summed E-state index contributed by atoms with van der Waals surface area (Å²) in [5, 5.41) is 17.4. The van der Waals surface area contributed by atoms with Gasteiger partial charge in [-0.15, -0.1) is 0 Å². The highest BCUT2D eigenvalue weighted by Crippen LogP contribution is 2.30. The quantitative estimate of drug-likeness (QED) is 0.143. The molecule has 0 spiro atoms. The Morgan fingerprint density at radius 1 is 0.635 bits per heavy atom. The Morgan fingerprint density at radius 2 is 1.04 bits per heavy atom. The number of aryl methyl sites for hydroxylation is 2. The molecule has 4 aromatic rings. The monoisotopic (exact) mass is 707 g/mol. The number of anilines is 2. The minimum atomic E-state index is -0.960. The van der Waals surface area contributed by atoms with Gasteiger partial charge in [-0.1, -0.05) is 36.4 Å². The van der Waals surface area contributed by atoms with Gasteiger partial charge in [-0.2, -0.15) is 0 Å². The van der Waals surface area contributed by atoms with Crippen LogP contribution in [0.2, 0.25) is 0 Å². The summed E-state index contributed by atoms with van der Waals surface area (Å²) in [6.07, 6.45) is 1.43. The summed E-state index contributed by atoms with van der Waals surface area (Å²) < 4.78 is 10.6. The van der Waals surface area contributed by atoms with Gasteiger partial charge in [-0.05, 0) is 156 Å². The third-order valence-corrected chi connectivity index (χ3v) is 7.91. The Morgan fingerprint density at radius 3 is 1.40 bits per heavy atom. The van der Waals surface area contributed by atoms with Crippen LogP contribution >= 0.6 is 0 Å². The molecular formula is C42H49N3O7. The lowest BCUT2D eigenvalue weighted by Gasteiger charge is -2.20. The van der Waals surface area contributed by atoms with Crippen molar-refractivity contribution in [1.82, 2.24) is 5.32 Å². The summed E-state index contributed by atoms with van der Waals surface area (Å²) >= 11 is 0. The normalized spacial score (nSPS) is 12.5. The number of hydrogen-bond acceptors (Lipinski definition) is 6. The number of nitrogens with one attached hydrogen (secondary N) is 3. The van der Waals surface area contributed by atoms with Gasteiger partial charge < -0.3 is 19.9 Å². The first kappa shape index (κ1) is 39.2. The maximum absolute atomic E-state index is 12.2. The third kappa shape index (κ3) is 12.3. The van der Waals surface area contributed by atoms with Crippen molar-refractivity contribution in [3.05, 3.63) is 107 Å². The number of carboxylic acids is 1. The Labute approximate surface area is 305 Å². The molecule has 0 atom stereocenters. The minimum Gasteiger partial charge on any atom is -0.478 e. The van der Waals surface area contributed by atoms with Crippen molar-refractivity contribution >= 4 is 35.4 Å². The number of carbonyl (C=O) groups is 4. The fourth-order valence-corrected chi connectivity index (χ4v) is 5.12. The number of ether oxygens (including phenoxy) is 2. The van der Waals surface area contributed by atoms with Crippen LogP contribution in [-0.2, 0) is 9.47 Å². The zero-order valence-electron chi connectivity index (χ0n) is 31.2. The van der Waals surface area contributed by atoms with Crippen LogP contribution in [0.1, 0.15) is 86.2 Å². The highest BCUT2D eigenvalue weighted by atomic mass is 16.6. The number of benzene rings is 4. The first-order valence-corrected chi connectivity index (χ1v) is 17.3. The number of carboxylic acid groups (broad SMARTS) is 1. The predicted octanol–water partition coefficient (Wildman–Crippen LogP) is 9.86. The van der Waals surface area contributed by atoms with Gasteiger partial charge in [0.25, 0.3) is 5.91 Å². The van der Waals surface area contributed by atoms with E-state index >= 15 is 0 Å². The Kier molecular flexibility index (Phi) is 12.5. The Bertz CT molecular complexity index is 1900. The van der Waals surface area contributed by atoms with E-state index in [0.29, 0.717) is 22.9 Å². The molecule has 0 unspecified atom stereocenters. The van der Waals surface area contributed by atoms with E-state index in [9.17, 15) is 19.2 Å². The maximum atomic E-state index is 12.2. The Balaban J connectivity index is 0.000000236. The molecule has 0 bridgehead atoms. The molecule has 0 heterocycles. The first-order valence-electron chi connectivity index (χ1n) is 17.3. The van der Waals surface area contributed by atoms with Crippen LogP contribution in [-0.4, -0.2) is 46.9 Å². The maximum Gasteiger partial charge on any atom is 0.412 e. The van der Waals surface area contributed by atoms with Crippen molar-refractivity contribution in [3.63, 3.8) is 0 Å². The lowest BCUT2D eigenvalue weighted by atomic mass is 9.98. The average Bonchev–Trinajstić information content (AvgIpc) is 3.89. The highest BCUT2D eigenvalue weighted by Gasteiger charge is 2.22. The summed E-state index contributed by atoms with van der Waals surface area (Å²) in [6.45, 7) is 15.6. The molecule has 0 radical (unpaired) electrons. The van der Waals surface area contributed by atoms with Crippen molar-refractivity contribution in [2.45, 2.75) is 79.4 Å². The number of aromatic carboxylic acids is 1. The number of rotatable bonds is 8. The largest absolute Gasteiger partial charge is 0.478 e. The topological polar surface area (TPSA) is 143 Å². The molecule has 0 saturated heterocycles. The molecule has 10 nitrogen and oxygen atoms in total. The number of amides is 3. The molecule has 4 aromatic carbocycles. The van der Waals surface area contributed by atoms with Gasteiger partial charge in [0.2, 0.25) is 0 Å².